The van der Waals surface area contributed by atoms with Gasteiger partial charge in [-0.25, -0.2) is 9.50 Å². The lowest BCUT2D eigenvalue weighted by Crippen LogP contribution is -2.50. The van der Waals surface area contributed by atoms with Crippen molar-refractivity contribution in [2.24, 2.45) is 0 Å². The Hall–Kier alpha value is -3.97. The van der Waals surface area contributed by atoms with Crippen molar-refractivity contribution >= 4 is 11.6 Å². The standard InChI is InChI=1S/C27H29F3N6O4/c1-15-23(18-5-7-19(39-4)8-6-18)32-25-20(13-31-36(25)24(15)27(28,29)30)26(38)35-11-9-34(10-12-35)21(14-37)22-16(2)33-40-17(22)3/h5-8,13,21,37H,9-12,14H2,1-4H3/t21-/m0/s1. The van der Waals surface area contributed by atoms with Gasteiger partial charge in [0.2, 0.25) is 0 Å². The van der Waals surface area contributed by atoms with Gasteiger partial charge in [0.1, 0.15) is 17.1 Å². The number of nitrogens with zero attached hydrogens (tertiary/aromatic N) is 6. The highest BCUT2D eigenvalue weighted by Crippen LogP contribution is 2.37. The van der Waals surface area contributed by atoms with Crippen molar-refractivity contribution < 1.29 is 32.3 Å². The number of ether oxygens (including phenoxy) is 1. The molecule has 1 aliphatic heterocycles. The van der Waals surface area contributed by atoms with E-state index in [2.05, 4.69) is 15.2 Å². The minimum Gasteiger partial charge on any atom is -0.497 e. The molecule has 4 heterocycles. The molecule has 10 nitrogen and oxygen atoms in total. The topological polar surface area (TPSA) is 109 Å². The maximum absolute atomic E-state index is 14.2. The Kier molecular flexibility index (Phi) is 7.27. The van der Waals surface area contributed by atoms with Gasteiger partial charge in [0.15, 0.2) is 11.3 Å². The Balaban J connectivity index is 1.46. The molecule has 0 unspecified atom stereocenters. The minimum absolute atomic E-state index is 0.0156. The Labute approximate surface area is 227 Å². The molecule has 13 heteroatoms. The molecule has 1 fully saturated rings. The quantitative estimate of drug-likeness (QED) is 0.381. The number of rotatable bonds is 6. The zero-order valence-electron chi connectivity index (χ0n) is 22.5. The summed E-state index contributed by atoms with van der Waals surface area (Å²) in [6, 6.07) is 6.18. The molecule has 4 aromatic rings. The fourth-order valence-electron chi connectivity index (χ4n) is 5.35. The third kappa shape index (κ3) is 4.79. The van der Waals surface area contributed by atoms with E-state index in [1.54, 1.807) is 36.1 Å². The van der Waals surface area contributed by atoms with Crippen LogP contribution in [0.5, 0.6) is 5.75 Å². The van der Waals surface area contributed by atoms with Crippen LogP contribution in [0.4, 0.5) is 13.2 Å². The molecule has 1 amide bonds. The predicted octanol–water partition coefficient (Wildman–Crippen LogP) is 3.83. The first kappa shape index (κ1) is 27.6. The molecule has 0 bridgehead atoms. The molecule has 1 aromatic carbocycles. The summed E-state index contributed by atoms with van der Waals surface area (Å²) >= 11 is 0. The van der Waals surface area contributed by atoms with Crippen LogP contribution in [0.15, 0.2) is 35.0 Å². The maximum atomic E-state index is 14.2. The molecule has 1 N–H and O–H groups in total. The summed E-state index contributed by atoms with van der Waals surface area (Å²) in [7, 11) is 1.50. The molecule has 1 aliphatic rings. The van der Waals surface area contributed by atoms with Crippen molar-refractivity contribution in [1.82, 2.24) is 29.6 Å². The predicted molar refractivity (Wildman–Crippen MR) is 138 cm³/mol. The lowest BCUT2D eigenvalue weighted by molar-refractivity contribution is -0.143. The van der Waals surface area contributed by atoms with E-state index in [0.717, 1.165) is 11.8 Å². The molecule has 40 heavy (non-hydrogen) atoms. The highest BCUT2D eigenvalue weighted by atomic mass is 19.4. The summed E-state index contributed by atoms with van der Waals surface area (Å²) in [5.74, 6) is 0.712. The van der Waals surface area contributed by atoms with Gasteiger partial charge in [-0.3, -0.25) is 9.69 Å². The summed E-state index contributed by atoms with van der Waals surface area (Å²) in [5.41, 5.74) is 0.790. The van der Waals surface area contributed by atoms with Gasteiger partial charge in [-0.05, 0) is 45.0 Å². The number of alkyl halides is 3. The monoisotopic (exact) mass is 558 g/mol. The van der Waals surface area contributed by atoms with Crippen molar-refractivity contribution in [2.45, 2.75) is 33.0 Å². The lowest BCUT2D eigenvalue weighted by atomic mass is 10.0. The number of methoxy groups -OCH3 is 1. The third-order valence-electron chi connectivity index (χ3n) is 7.38. The summed E-state index contributed by atoms with van der Waals surface area (Å²) in [6.07, 6.45) is -3.59. The van der Waals surface area contributed by atoms with Crippen molar-refractivity contribution in [1.29, 1.82) is 0 Å². The van der Waals surface area contributed by atoms with Gasteiger partial charge in [0.05, 0.1) is 37.3 Å². The van der Waals surface area contributed by atoms with E-state index in [1.165, 1.54) is 14.0 Å². The first-order valence-corrected chi connectivity index (χ1v) is 12.7. The molecular formula is C27H29F3N6O4. The first-order valence-electron chi connectivity index (χ1n) is 12.7. The van der Waals surface area contributed by atoms with Crippen LogP contribution >= 0.6 is 0 Å². The largest absolute Gasteiger partial charge is 0.497 e. The SMILES string of the molecule is COc1ccc(-c2nc3c(C(=O)N4CCN([C@@H](CO)c5c(C)noc5C)CC4)cnn3c(C(F)(F)F)c2C)cc1. The van der Waals surface area contributed by atoms with Gasteiger partial charge < -0.3 is 19.3 Å². The summed E-state index contributed by atoms with van der Waals surface area (Å²) in [5, 5.41) is 18.0. The van der Waals surface area contributed by atoms with E-state index in [9.17, 15) is 23.1 Å². The zero-order valence-corrected chi connectivity index (χ0v) is 22.5. The molecule has 0 saturated carbocycles. The van der Waals surface area contributed by atoms with E-state index in [-0.39, 0.29) is 35.1 Å². The molecule has 3 aromatic heterocycles. The van der Waals surface area contributed by atoms with E-state index in [4.69, 9.17) is 9.26 Å². The van der Waals surface area contributed by atoms with Crippen molar-refractivity contribution in [3.8, 4) is 17.0 Å². The second-order valence-corrected chi connectivity index (χ2v) is 9.72. The van der Waals surface area contributed by atoms with Crippen LogP contribution in [-0.4, -0.2) is 80.5 Å². The molecule has 1 saturated heterocycles. The van der Waals surface area contributed by atoms with Crippen molar-refractivity contribution in [3.63, 3.8) is 0 Å². The number of aliphatic hydroxyl groups is 1. The number of aryl methyl sites for hydroxylation is 2. The number of hydrogen-bond acceptors (Lipinski definition) is 8. The van der Waals surface area contributed by atoms with Crippen LogP contribution in [0, 0.1) is 20.8 Å². The zero-order chi connectivity index (χ0) is 28.8. The van der Waals surface area contributed by atoms with Gasteiger partial charge >= 0.3 is 6.18 Å². The molecule has 0 aliphatic carbocycles. The van der Waals surface area contributed by atoms with Crippen molar-refractivity contribution in [3.05, 3.63) is 64.3 Å². The normalized spacial score (nSPS) is 15.6. The fraction of sp³-hybridized carbons (Fsp3) is 0.407. The number of fused-ring (bicyclic) bond motifs is 1. The third-order valence-corrected chi connectivity index (χ3v) is 7.38. The minimum atomic E-state index is -4.73. The first-order chi connectivity index (χ1) is 19.0. The second-order valence-electron chi connectivity index (χ2n) is 9.72. The Morgan fingerprint density at radius 3 is 2.35 bits per heavy atom. The molecule has 212 valence electrons. The fourth-order valence-corrected chi connectivity index (χ4v) is 5.35. The number of aliphatic hydroxyl groups excluding tert-OH is 1. The number of carbonyl (C=O) groups excluding carboxylic acids is 1. The van der Waals surface area contributed by atoms with Gasteiger partial charge in [-0.2, -0.15) is 18.3 Å². The summed E-state index contributed by atoms with van der Waals surface area (Å²) in [6.45, 7) is 6.28. The van der Waals surface area contributed by atoms with Crippen LogP contribution in [0.1, 0.15) is 44.7 Å². The highest BCUT2D eigenvalue weighted by Gasteiger charge is 2.39. The van der Waals surface area contributed by atoms with Gasteiger partial charge in [0, 0.05) is 42.9 Å². The average Bonchev–Trinajstić information content (AvgIpc) is 3.50. The lowest BCUT2D eigenvalue weighted by Gasteiger charge is -2.38. The molecule has 0 spiro atoms. The highest BCUT2D eigenvalue weighted by molar-refractivity contribution is 6.00. The second kappa shape index (κ2) is 10.5. The Morgan fingerprint density at radius 1 is 1.12 bits per heavy atom. The van der Waals surface area contributed by atoms with Crippen LogP contribution < -0.4 is 4.74 Å². The van der Waals surface area contributed by atoms with E-state index >= 15 is 0 Å². The van der Waals surface area contributed by atoms with Crippen LogP contribution in [-0.2, 0) is 6.18 Å². The van der Waals surface area contributed by atoms with E-state index in [0.29, 0.717) is 53.5 Å². The molecule has 5 rings (SSSR count). The van der Waals surface area contributed by atoms with Crippen LogP contribution in [0.2, 0.25) is 0 Å². The van der Waals surface area contributed by atoms with Crippen LogP contribution in [0.25, 0.3) is 16.9 Å². The number of amides is 1. The molecular weight excluding hydrogens is 529 g/mol. The number of aromatic nitrogens is 4. The Bertz CT molecular complexity index is 1520. The van der Waals surface area contributed by atoms with E-state index in [1.807, 2.05) is 11.8 Å². The van der Waals surface area contributed by atoms with Crippen LogP contribution in [0.3, 0.4) is 0 Å². The van der Waals surface area contributed by atoms with Crippen molar-refractivity contribution in [2.75, 3.05) is 39.9 Å². The number of carbonyl (C=O) groups is 1. The molecule has 0 radical (unpaired) electrons. The summed E-state index contributed by atoms with van der Waals surface area (Å²) < 4.78 is 53.8. The average molecular weight is 559 g/mol. The smallest absolute Gasteiger partial charge is 0.433 e. The van der Waals surface area contributed by atoms with Gasteiger partial charge in [-0.15, -0.1) is 0 Å². The number of hydrogen-bond donors (Lipinski definition) is 1. The van der Waals surface area contributed by atoms with E-state index < -0.39 is 17.8 Å². The Morgan fingerprint density at radius 2 is 1.80 bits per heavy atom. The number of piperazine rings is 1. The summed E-state index contributed by atoms with van der Waals surface area (Å²) in [4.78, 5) is 21.7. The maximum Gasteiger partial charge on any atom is 0.433 e. The number of benzene rings is 1. The molecule has 1 atom stereocenters. The number of halogens is 3. The van der Waals surface area contributed by atoms with Gasteiger partial charge in [-0.1, -0.05) is 5.16 Å². The van der Waals surface area contributed by atoms with Gasteiger partial charge in [0.25, 0.3) is 5.91 Å².